The Morgan fingerprint density at radius 2 is 2.06 bits per heavy atom. The van der Waals surface area contributed by atoms with Gasteiger partial charge in [-0.25, -0.2) is 4.79 Å². The number of benzene rings is 1. The minimum atomic E-state index is -0.0107. The number of hydrogen-bond acceptors (Lipinski definition) is 1. The number of unbranched alkanes of at least 4 members (excludes halogenated alkanes) is 1. The van der Waals surface area contributed by atoms with Crippen LogP contribution < -0.4 is 5.32 Å². The van der Waals surface area contributed by atoms with E-state index in [0.717, 1.165) is 42.5 Å². The molecule has 0 aliphatic heterocycles. The molecule has 0 aromatic heterocycles. The van der Waals surface area contributed by atoms with Gasteiger partial charge in [0.1, 0.15) is 0 Å². The topological polar surface area (TPSA) is 32.3 Å². The fraction of sp³-hybridized carbons (Fsp3) is 0.500. The largest absolute Gasteiger partial charge is 0.325 e. The number of rotatable bonds is 6. The van der Waals surface area contributed by atoms with Gasteiger partial charge in [0.05, 0.1) is 0 Å². The Morgan fingerprint density at radius 3 is 2.67 bits per heavy atom. The van der Waals surface area contributed by atoms with Gasteiger partial charge in [-0.1, -0.05) is 42.3 Å². The lowest BCUT2D eigenvalue weighted by Crippen LogP contribution is -2.36. The first kappa shape index (κ1) is 15.0. The van der Waals surface area contributed by atoms with Gasteiger partial charge >= 0.3 is 6.03 Å². The first-order valence-electron chi connectivity index (χ1n) is 6.48. The second-order valence-corrected chi connectivity index (χ2v) is 5.20. The number of carbonyl (C=O) groups is 1. The van der Waals surface area contributed by atoms with Crippen LogP contribution in [0, 0.1) is 0 Å². The summed E-state index contributed by atoms with van der Waals surface area (Å²) in [4.78, 5) is 14.0. The highest BCUT2D eigenvalue weighted by Gasteiger charge is 2.11. The van der Waals surface area contributed by atoms with E-state index >= 15 is 0 Å². The van der Waals surface area contributed by atoms with Crippen molar-refractivity contribution in [2.75, 3.05) is 18.4 Å². The molecule has 0 aliphatic rings. The average Bonchev–Trinajstić information content (AvgIpc) is 2.34. The summed E-state index contributed by atoms with van der Waals surface area (Å²) in [6, 6.07) is 7.64. The molecule has 3 nitrogen and oxygen atoms in total. The zero-order valence-corrected chi connectivity index (χ0v) is 12.7. The van der Waals surface area contributed by atoms with Crippen molar-refractivity contribution >= 4 is 27.6 Å². The number of hydrogen-bond donors (Lipinski definition) is 1. The fourth-order valence-electron chi connectivity index (χ4n) is 1.70. The standard InChI is InChI=1S/C14H21BrN2O/c1-3-5-10-17(9-4-2)14(18)16-13-8-6-7-12(15)11-13/h6-8,11H,3-5,9-10H2,1-2H3,(H,16,18). The molecule has 0 heterocycles. The highest BCUT2D eigenvalue weighted by molar-refractivity contribution is 9.10. The van der Waals surface area contributed by atoms with Crippen molar-refractivity contribution in [3.8, 4) is 0 Å². The van der Waals surface area contributed by atoms with Crippen LogP contribution >= 0.6 is 15.9 Å². The smallest absolute Gasteiger partial charge is 0.321 e. The van der Waals surface area contributed by atoms with E-state index in [0.29, 0.717) is 0 Å². The van der Waals surface area contributed by atoms with Crippen LogP contribution in [0.5, 0.6) is 0 Å². The van der Waals surface area contributed by atoms with Crippen molar-refractivity contribution < 1.29 is 4.79 Å². The maximum absolute atomic E-state index is 12.1. The minimum absolute atomic E-state index is 0.0107. The third-order valence-electron chi connectivity index (χ3n) is 2.64. The maximum atomic E-state index is 12.1. The number of urea groups is 1. The van der Waals surface area contributed by atoms with Crippen LogP contribution in [0.3, 0.4) is 0 Å². The summed E-state index contributed by atoms with van der Waals surface area (Å²) in [6.45, 7) is 5.85. The van der Waals surface area contributed by atoms with Crippen molar-refractivity contribution in [2.45, 2.75) is 33.1 Å². The summed E-state index contributed by atoms with van der Waals surface area (Å²) in [7, 11) is 0. The third kappa shape index (κ3) is 5.08. The highest BCUT2D eigenvalue weighted by Crippen LogP contribution is 2.16. The normalized spacial score (nSPS) is 10.2. The molecule has 0 saturated heterocycles. The summed E-state index contributed by atoms with van der Waals surface area (Å²) < 4.78 is 0.968. The van der Waals surface area contributed by atoms with Gasteiger partial charge in [0.15, 0.2) is 0 Å². The Labute approximate surface area is 118 Å². The Bertz CT molecular complexity index is 382. The van der Waals surface area contributed by atoms with Crippen molar-refractivity contribution in [1.29, 1.82) is 0 Å². The Kier molecular flexibility index (Phi) is 6.80. The second kappa shape index (κ2) is 8.14. The molecule has 1 aromatic rings. The fourth-order valence-corrected chi connectivity index (χ4v) is 2.10. The van der Waals surface area contributed by atoms with Crippen LogP contribution in [-0.2, 0) is 0 Å². The van der Waals surface area contributed by atoms with Crippen LogP contribution in [0.25, 0.3) is 0 Å². The van der Waals surface area contributed by atoms with Gasteiger partial charge in [-0.05, 0) is 31.0 Å². The molecule has 0 radical (unpaired) electrons. The summed E-state index contributed by atoms with van der Waals surface area (Å²) in [5, 5.41) is 2.93. The van der Waals surface area contributed by atoms with Gasteiger partial charge in [0.2, 0.25) is 0 Å². The second-order valence-electron chi connectivity index (χ2n) is 4.28. The molecule has 1 aromatic carbocycles. The summed E-state index contributed by atoms with van der Waals surface area (Å²) in [5.74, 6) is 0. The summed E-state index contributed by atoms with van der Waals surface area (Å²) >= 11 is 3.40. The first-order valence-corrected chi connectivity index (χ1v) is 7.28. The van der Waals surface area contributed by atoms with Crippen molar-refractivity contribution in [3.63, 3.8) is 0 Å². The van der Waals surface area contributed by atoms with E-state index in [4.69, 9.17) is 0 Å². The van der Waals surface area contributed by atoms with Crippen LogP contribution in [0.2, 0.25) is 0 Å². The Hall–Kier alpha value is -1.03. The van der Waals surface area contributed by atoms with E-state index < -0.39 is 0 Å². The van der Waals surface area contributed by atoms with Crippen LogP contribution in [0.1, 0.15) is 33.1 Å². The molecular formula is C14H21BrN2O. The molecule has 0 unspecified atom stereocenters. The molecule has 0 spiro atoms. The van der Waals surface area contributed by atoms with Crippen LogP contribution in [-0.4, -0.2) is 24.0 Å². The lowest BCUT2D eigenvalue weighted by atomic mass is 10.3. The van der Waals surface area contributed by atoms with Crippen molar-refractivity contribution in [2.24, 2.45) is 0 Å². The predicted octanol–water partition coefficient (Wildman–Crippen LogP) is 4.49. The molecule has 2 amide bonds. The van der Waals surface area contributed by atoms with Gasteiger partial charge in [-0.15, -0.1) is 0 Å². The minimum Gasteiger partial charge on any atom is -0.325 e. The maximum Gasteiger partial charge on any atom is 0.321 e. The van der Waals surface area contributed by atoms with E-state index in [1.807, 2.05) is 29.2 Å². The Morgan fingerprint density at radius 1 is 1.28 bits per heavy atom. The number of carbonyl (C=O) groups excluding carboxylic acids is 1. The zero-order chi connectivity index (χ0) is 13.4. The first-order chi connectivity index (χ1) is 8.67. The van der Waals surface area contributed by atoms with Gasteiger partial charge in [-0.2, -0.15) is 0 Å². The summed E-state index contributed by atoms with van der Waals surface area (Å²) in [6.07, 6.45) is 3.13. The molecule has 0 fully saturated rings. The molecule has 4 heteroatoms. The number of nitrogens with zero attached hydrogens (tertiary/aromatic N) is 1. The number of halogens is 1. The molecule has 1 N–H and O–H groups in total. The van der Waals surface area contributed by atoms with E-state index in [9.17, 15) is 4.79 Å². The molecule has 0 aliphatic carbocycles. The zero-order valence-electron chi connectivity index (χ0n) is 11.1. The predicted molar refractivity (Wildman–Crippen MR) is 79.9 cm³/mol. The van der Waals surface area contributed by atoms with Gasteiger partial charge < -0.3 is 10.2 Å². The Balaban J connectivity index is 2.60. The number of nitrogens with one attached hydrogen (secondary N) is 1. The third-order valence-corrected chi connectivity index (χ3v) is 3.13. The van der Waals surface area contributed by atoms with Crippen LogP contribution in [0.4, 0.5) is 10.5 Å². The number of anilines is 1. The van der Waals surface area contributed by atoms with E-state index in [2.05, 4.69) is 35.1 Å². The lowest BCUT2D eigenvalue weighted by Gasteiger charge is -2.22. The SMILES string of the molecule is CCCCN(CCC)C(=O)Nc1cccc(Br)c1. The van der Waals surface area contributed by atoms with E-state index in [-0.39, 0.29) is 6.03 Å². The molecule has 1 rings (SSSR count). The highest BCUT2D eigenvalue weighted by atomic mass is 79.9. The summed E-state index contributed by atoms with van der Waals surface area (Å²) in [5.41, 5.74) is 0.826. The van der Waals surface area contributed by atoms with Crippen molar-refractivity contribution in [3.05, 3.63) is 28.7 Å². The van der Waals surface area contributed by atoms with Gasteiger partial charge in [-0.3, -0.25) is 0 Å². The molecular weight excluding hydrogens is 292 g/mol. The van der Waals surface area contributed by atoms with Crippen LogP contribution in [0.15, 0.2) is 28.7 Å². The van der Waals surface area contributed by atoms with E-state index in [1.165, 1.54) is 0 Å². The van der Waals surface area contributed by atoms with Gasteiger partial charge in [0.25, 0.3) is 0 Å². The molecule has 100 valence electrons. The van der Waals surface area contributed by atoms with E-state index in [1.54, 1.807) is 0 Å². The lowest BCUT2D eigenvalue weighted by molar-refractivity contribution is 0.211. The molecule has 0 saturated carbocycles. The average molecular weight is 313 g/mol. The van der Waals surface area contributed by atoms with Gasteiger partial charge in [0, 0.05) is 23.2 Å². The molecule has 18 heavy (non-hydrogen) atoms. The molecule has 0 atom stereocenters. The monoisotopic (exact) mass is 312 g/mol. The molecule has 0 bridgehead atoms. The quantitative estimate of drug-likeness (QED) is 0.824. The number of amides is 2. The van der Waals surface area contributed by atoms with Crippen molar-refractivity contribution in [1.82, 2.24) is 4.90 Å².